The van der Waals surface area contributed by atoms with Crippen LogP contribution in [0.5, 0.6) is 5.75 Å². The molecular weight excluding hydrogens is 206 g/mol. The van der Waals surface area contributed by atoms with Crippen molar-refractivity contribution in [1.29, 1.82) is 0 Å². The Labute approximate surface area is 85.6 Å². The van der Waals surface area contributed by atoms with Gasteiger partial charge in [0.2, 0.25) is 0 Å². The summed E-state index contributed by atoms with van der Waals surface area (Å²) in [5, 5.41) is 0. The number of rotatable bonds is 3. The zero-order valence-electron chi connectivity index (χ0n) is 8.34. The molecule has 0 aliphatic carbocycles. The Morgan fingerprint density at radius 1 is 1.40 bits per heavy atom. The molecule has 0 N–H and O–H groups in total. The van der Waals surface area contributed by atoms with Gasteiger partial charge in [-0.1, -0.05) is 0 Å². The molecule has 0 fully saturated rings. The molecule has 0 spiro atoms. The Morgan fingerprint density at radius 2 is 2.07 bits per heavy atom. The SMILES string of the molecule is CCOC(=O)c1cc(OC)cc(F)c1F. The predicted octanol–water partition coefficient (Wildman–Crippen LogP) is 2.15. The third-order valence-electron chi connectivity index (χ3n) is 1.73. The minimum atomic E-state index is -1.23. The van der Waals surface area contributed by atoms with Gasteiger partial charge in [0.15, 0.2) is 11.6 Å². The molecule has 5 heteroatoms. The lowest BCUT2D eigenvalue weighted by Gasteiger charge is -2.06. The van der Waals surface area contributed by atoms with Crippen LogP contribution in [0, 0.1) is 11.6 Å². The zero-order valence-corrected chi connectivity index (χ0v) is 8.34. The molecular formula is C10H10F2O3. The highest BCUT2D eigenvalue weighted by molar-refractivity contribution is 5.90. The van der Waals surface area contributed by atoms with Crippen LogP contribution in [0.2, 0.25) is 0 Å². The van der Waals surface area contributed by atoms with Crippen molar-refractivity contribution >= 4 is 5.97 Å². The summed E-state index contributed by atoms with van der Waals surface area (Å²) in [7, 11) is 1.29. The van der Waals surface area contributed by atoms with Crippen LogP contribution < -0.4 is 4.74 Å². The van der Waals surface area contributed by atoms with Gasteiger partial charge in [-0.15, -0.1) is 0 Å². The first kappa shape index (κ1) is 11.4. The summed E-state index contributed by atoms with van der Waals surface area (Å²) in [5.74, 6) is -3.21. The van der Waals surface area contributed by atoms with Crippen molar-refractivity contribution in [3.05, 3.63) is 29.3 Å². The first-order chi connectivity index (χ1) is 7.10. The zero-order chi connectivity index (χ0) is 11.4. The first-order valence-corrected chi connectivity index (χ1v) is 4.30. The van der Waals surface area contributed by atoms with Crippen molar-refractivity contribution in [3.63, 3.8) is 0 Å². The molecule has 0 aromatic heterocycles. The van der Waals surface area contributed by atoms with Crippen molar-refractivity contribution in [2.45, 2.75) is 6.92 Å². The summed E-state index contributed by atoms with van der Waals surface area (Å²) in [4.78, 5) is 11.2. The van der Waals surface area contributed by atoms with Crippen LogP contribution in [0.25, 0.3) is 0 Å². The van der Waals surface area contributed by atoms with Gasteiger partial charge >= 0.3 is 5.97 Å². The Balaban J connectivity index is 3.15. The van der Waals surface area contributed by atoms with Gasteiger partial charge < -0.3 is 9.47 Å². The number of halogens is 2. The lowest BCUT2D eigenvalue weighted by molar-refractivity contribution is 0.0519. The van der Waals surface area contributed by atoms with Gasteiger partial charge in [0.1, 0.15) is 11.3 Å². The number of benzene rings is 1. The molecule has 1 aromatic carbocycles. The molecule has 0 atom stereocenters. The minimum absolute atomic E-state index is 0.0666. The van der Waals surface area contributed by atoms with Gasteiger partial charge in [-0.25, -0.2) is 13.6 Å². The predicted molar refractivity (Wildman–Crippen MR) is 48.9 cm³/mol. The molecule has 0 saturated heterocycles. The largest absolute Gasteiger partial charge is 0.497 e. The highest BCUT2D eigenvalue weighted by Crippen LogP contribution is 2.20. The third kappa shape index (κ3) is 2.43. The molecule has 1 rings (SSSR count). The standard InChI is InChI=1S/C10H10F2O3/c1-3-15-10(13)7-4-6(14-2)5-8(11)9(7)12/h4-5H,3H2,1-2H3. The maximum absolute atomic E-state index is 13.2. The van der Waals surface area contributed by atoms with Gasteiger partial charge in [0.25, 0.3) is 0 Å². The lowest BCUT2D eigenvalue weighted by Crippen LogP contribution is -2.09. The summed E-state index contributed by atoms with van der Waals surface area (Å²) in [6.45, 7) is 1.67. The number of carbonyl (C=O) groups is 1. The number of ether oxygens (including phenoxy) is 2. The maximum Gasteiger partial charge on any atom is 0.341 e. The second kappa shape index (κ2) is 4.72. The normalized spacial score (nSPS) is 9.87. The fourth-order valence-corrected chi connectivity index (χ4v) is 1.04. The average Bonchev–Trinajstić information content (AvgIpc) is 2.22. The van der Waals surface area contributed by atoms with E-state index in [1.54, 1.807) is 6.92 Å². The van der Waals surface area contributed by atoms with Crippen LogP contribution in [0.1, 0.15) is 17.3 Å². The lowest BCUT2D eigenvalue weighted by atomic mass is 10.2. The Hall–Kier alpha value is -1.65. The molecule has 3 nitrogen and oxygen atoms in total. The summed E-state index contributed by atoms with van der Waals surface area (Å²) in [6.07, 6.45) is 0. The van der Waals surface area contributed by atoms with E-state index in [4.69, 9.17) is 4.74 Å². The van der Waals surface area contributed by atoms with Gasteiger partial charge in [-0.3, -0.25) is 0 Å². The molecule has 82 valence electrons. The van der Waals surface area contributed by atoms with E-state index in [9.17, 15) is 13.6 Å². The highest BCUT2D eigenvalue weighted by atomic mass is 19.2. The van der Waals surface area contributed by atoms with Crippen LogP contribution >= 0.6 is 0 Å². The molecule has 0 aliphatic rings. The summed E-state index contributed by atoms with van der Waals surface area (Å²) >= 11 is 0. The van der Waals surface area contributed by atoms with Crippen molar-refractivity contribution in [3.8, 4) is 5.75 Å². The number of esters is 1. The van der Waals surface area contributed by atoms with Crippen molar-refractivity contribution in [1.82, 2.24) is 0 Å². The number of methoxy groups -OCH3 is 1. The second-order valence-electron chi connectivity index (χ2n) is 2.69. The van der Waals surface area contributed by atoms with E-state index in [1.165, 1.54) is 7.11 Å². The Kier molecular flexibility index (Phi) is 3.60. The third-order valence-corrected chi connectivity index (χ3v) is 1.73. The molecule has 0 saturated carbocycles. The van der Waals surface area contributed by atoms with Gasteiger partial charge in [0, 0.05) is 6.07 Å². The van der Waals surface area contributed by atoms with Crippen molar-refractivity contribution in [2.24, 2.45) is 0 Å². The van der Waals surface area contributed by atoms with Crippen molar-refractivity contribution < 1.29 is 23.0 Å². The number of carbonyl (C=O) groups excluding carboxylic acids is 1. The fourth-order valence-electron chi connectivity index (χ4n) is 1.04. The van der Waals surface area contributed by atoms with E-state index in [0.29, 0.717) is 0 Å². The van der Waals surface area contributed by atoms with Crippen LogP contribution in [0.3, 0.4) is 0 Å². The molecule has 0 heterocycles. The van der Waals surface area contributed by atoms with Crippen LogP contribution in [0.4, 0.5) is 8.78 Å². The van der Waals surface area contributed by atoms with Crippen LogP contribution in [-0.4, -0.2) is 19.7 Å². The molecule has 15 heavy (non-hydrogen) atoms. The topological polar surface area (TPSA) is 35.5 Å². The van der Waals surface area contributed by atoms with E-state index >= 15 is 0 Å². The Bertz CT molecular complexity index is 377. The monoisotopic (exact) mass is 216 g/mol. The number of hydrogen-bond donors (Lipinski definition) is 0. The fraction of sp³-hybridized carbons (Fsp3) is 0.300. The molecule has 0 unspecified atom stereocenters. The summed E-state index contributed by atoms with van der Waals surface area (Å²) < 4.78 is 35.4. The van der Waals surface area contributed by atoms with Crippen molar-refractivity contribution in [2.75, 3.05) is 13.7 Å². The maximum atomic E-state index is 13.2. The molecule has 0 bridgehead atoms. The first-order valence-electron chi connectivity index (χ1n) is 4.30. The number of hydrogen-bond acceptors (Lipinski definition) is 3. The molecule has 0 aliphatic heterocycles. The average molecular weight is 216 g/mol. The quantitative estimate of drug-likeness (QED) is 0.726. The second-order valence-corrected chi connectivity index (χ2v) is 2.69. The van der Waals surface area contributed by atoms with E-state index in [1.807, 2.05) is 0 Å². The smallest absolute Gasteiger partial charge is 0.341 e. The van der Waals surface area contributed by atoms with Gasteiger partial charge in [-0.2, -0.15) is 0 Å². The van der Waals surface area contributed by atoms with Gasteiger partial charge in [-0.05, 0) is 13.0 Å². The van der Waals surface area contributed by atoms with E-state index in [0.717, 1.165) is 12.1 Å². The molecule has 0 amide bonds. The van der Waals surface area contributed by atoms with Crippen LogP contribution in [0.15, 0.2) is 12.1 Å². The van der Waals surface area contributed by atoms with E-state index in [2.05, 4.69) is 4.74 Å². The van der Waals surface area contributed by atoms with E-state index < -0.39 is 23.2 Å². The molecule has 1 aromatic rings. The Morgan fingerprint density at radius 3 is 2.60 bits per heavy atom. The highest BCUT2D eigenvalue weighted by Gasteiger charge is 2.18. The van der Waals surface area contributed by atoms with Gasteiger partial charge in [0.05, 0.1) is 13.7 Å². The summed E-state index contributed by atoms with van der Waals surface area (Å²) in [6, 6.07) is 1.95. The summed E-state index contributed by atoms with van der Waals surface area (Å²) in [5.41, 5.74) is -0.464. The molecule has 0 radical (unpaired) electrons. The van der Waals surface area contributed by atoms with E-state index in [-0.39, 0.29) is 12.4 Å². The minimum Gasteiger partial charge on any atom is -0.497 e. The van der Waals surface area contributed by atoms with Crippen LogP contribution in [-0.2, 0) is 4.74 Å².